The molecule has 0 aliphatic carbocycles. The summed E-state index contributed by atoms with van der Waals surface area (Å²) in [6, 6.07) is 0. The standard InChI is InChI=1S/C92H190N4O/c1-9-17-25-33-41-49-57-69-81-93(82-70-58-50-42-34-26-18-10-2)91(94(83-71-59-51-43-35-27-19-11-3)84-72-60-52-44-36-28-20-12-4)79-67-65-77-89-97-90-78-66-68-80-92(95(85-73-61-53-45-37-29-21-13-5)86-74-62-54-46-38-30-22-14-6)96(87-75-63-55-47-39-31-23-15-7)88-76-64-56-48-40-32-24-16-8/h91-92H,9-90H2,1-8H3. The second-order valence-electron chi connectivity index (χ2n) is 32.2. The first kappa shape index (κ1) is 96.8. The van der Waals surface area contributed by atoms with Crippen molar-refractivity contribution in [1.82, 2.24) is 19.6 Å². The van der Waals surface area contributed by atoms with Gasteiger partial charge in [-0.25, -0.2) is 0 Å². The normalized spacial score (nSPS) is 12.2. The minimum Gasteiger partial charge on any atom is -0.381 e. The SMILES string of the molecule is CCCCCCCCCCN(CCCCCCCCCC)C(CCCCCOCCCCCC(N(CCCCCCCCCC)CCCCCCCCCC)N(CCCCCCCCCC)CCCCCCCCCC)N(CCCCCCCCCC)CCCCCCCCCC. The highest BCUT2D eigenvalue weighted by atomic mass is 16.5. The molecule has 0 rings (SSSR count). The number of rotatable bonds is 88. The second kappa shape index (κ2) is 84.7. The molecule has 0 N–H and O–H groups in total. The van der Waals surface area contributed by atoms with E-state index in [9.17, 15) is 0 Å². The van der Waals surface area contributed by atoms with Crippen molar-refractivity contribution >= 4 is 0 Å². The molecule has 0 unspecified atom stereocenters. The van der Waals surface area contributed by atoms with Gasteiger partial charge in [-0.1, -0.05) is 441 Å². The fraction of sp³-hybridized carbons (Fsp3) is 1.00. The van der Waals surface area contributed by atoms with Gasteiger partial charge in [0.25, 0.3) is 0 Å². The Morgan fingerprint density at radius 3 is 0.412 bits per heavy atom. The number of hydrogen-bond donors (Lipinski definition) is 0. The van der Waals surface area contributed by atoms with Crippen LogP contribution in [0.3, 0.4) is 0 Å². The smallest absolute Gasteiger partial charge is 0.0622 e. The van der Waals surface area contributed by atoms with E-state index in [4.69, 9.17) is 4.74 Å². The fourth-order valence-corrected chi connectivity index (χ4v) is 15.9. The lowest BCUT2D eigenvalue weighted by Gasteiger charge is -2.41. The fourth-order valence-electron chi connectivity index (χ4n) is 15.9. The summed E-state index contributed by atoms with van der Waals surface area (Å²) in [4.78, 5) is 12.4. The molecule has 0 aromatic rings. The second-order valence-corrected chi connectivity index (χ2v) is 32.2. The molecule has 0 atom stereocenters. The topological polar surface area (TPSA) is 22.2 Å². The van der Waals surface area contributed by atoms with Gasteiger partial charge in [-0.2, -0.15) is 0 Å². The Hall–Kier alpha value is -0.200. The summed E-state index contributed by atoms with van der Waals surface area (Å²) in [5.41, 5.74) is 0. The van der Waals surface area contributed by atoms with E-state index in [1.807, 2.05) is 0 Å². The number of hydrogen-bond acceptors (Lipinski definition) is 5. The molecule has 0 aliphatic heterocycles. The zero-order valence-corrected chi connectivity index (χ0v) is 69.3. The summed E-state index contributed by atoms with van der Waals surface area (Å²) in [6.45, 7) is 31.4. The van der Waals surface area contributed by atoms with Crippen molar-refractivity contribution in [3.8, 4) is 0 Å². The van der Waals surface area contributed by atoms with E-state index in [1.165, 1.54) is 515 Å². The van der Waals surface area contributed by atoms with Crippen molar-refractivity contribution in [3.63, 3.8) is 0 Å². The zero-order chi connectivity index (χ0) is 70.2. The van der Waals surface area contributed by atoms with Crippen LogP contribution in [0, 0.1) is 0 Å². The molecule has 0 spiro atoms. The zero-order valence-electron chi connectivity index (χ0n) is 69.3. The van der Waals surface area contributed by atoms with Gasteiger partial charge in [-0.3, -0.25) is 19.6 Å². The van der Waals surface area contributed by atoms with Crippen LogP contribution in [0.25, 0.3) is 0 Å². The Morgan fingerprint density at radius 2 is 0.268 bits per heavy atom. The van der Waals surface area contributed by atoms with Crippen molar-refractivity contribution in [1.29, 1.82) is 0 Å². The van der Waals surface area contributed by atoms with Crippen LogP contribution >= 0.6 is 0 Å². The highest BCUT2D eigenvalue weighted by molar-refractivity contribution is 4.78. The molecule has 0 radical (unpaired) electrons. The summed E-state index contributed by atoms with van der Waals surface area (Å²) in [5, 5.41) is 0. The van der Waals surface area contributed by atoms with Gasteiger partial charge in [-0.05, 0) is 129 Å². The lowest BCUT2D eigenvalue weighted by atomic mass is 10.0. The van der Waals surface area contributed by atoms with Gasteiger partial charge in [0.2, 0.25) is 0 Å². The molecule has 0 saturated carbocycles. The minimum absolute atomic E-state index is 0.612. The van der Waals surface area contributed by atoms with Crippen LogP contribution in [-0.4, -0.2) is 97.5 Å². The molecule has 0 bridgehead atoms. The molecule has 0 heterocycles. The van der Waals surface area contributed by atoms with Gasteiger partial charge in [0, 0.05) is 13.2 Å². The van der Waals surface area contributed by atoms with E-state index in [0.717, 1.165) is 13.2 Å². The van der Waals surface area contributed by atoms with Gasteiger partial charge in [0.05, 0.1) is 12.3 Å². The number of nitrogens with zero attached hydrogens (tertiary/aromatic N) is 4. The molecule has 5 nitrogen and oxygen atoms in total. The van der Waals surface area contributed by atoms with Crippen molar-refractivity contribution in [2.45, 2.75) is 530 Å². The maximum absolute atomic E-state index is 6.65. The quantitative estimate of drug-likeness (QED) is 0.0446. The molecular formula is C92H190N4O. The summed E-state index contributed by atoms with van der Waals surface area (Å²) < 4.78 is 6.65. The minimum atomic E-state index is 0.612. The third kappa shape index (κ3) is 69.9. The summed E-state index contributed by atoms with van der Waals surface area (Å²) in [7, 11) is 0. The summed E-state index contributed by atoms with van der Waals surface area (Å²) in [5.74, 6) is 0. The third-order valence-corrected chi connectivity index (χ3v) is 22.6. The summed E-state index contributed by atoms with van der Waals surface area (Å²) >= 11 is 0. The average molecular weight is 1370 g/mol. The van der Waals surface area contributed by atoms with Gasteiger partial charge in [0.15, 0.2) is 0 Å². The van der Waals surface area contributed by atoms with Crippen LogP contribution < -0.4 is 0 Å². The first-order chi connectivity index (χ1) is 48.1. The molecule has 0 aliphatic rings. The van der Waals surface area contributed by atoms with Crippen molar-refractivity contribution in [3.05, 3.63) is 0 Å². The molecule has 5 heteroatoms. The highest BCUT2D eigenvalue weighted by Crippen LogP contribution is 2.25. The molecular weight excluding hydrogens is 1180 g/mol. The molecule has 0 aromatic heterocycles. The Bertz CT molecular complexity index is 1110. The van der Waals surface area contributed by atoms with Gasteiger partial charge in [-0.15, -0.1) is 0 Å². The van der Waals surface area contributed by atoms with Crippen LogP contribution in [0.1, 0.15) is 518 Å². The first-order valence-corrected chi connectivity index (χ1v) is 46.6. The van der Waals surface area contributed by atoms with E-state index < -0.39 is 0 Å². The predicted molar refractivity (Wildman–Crippen MR) is 443 cm³/mol. The first-order valence-electron chi connectivity index (χ1n) is 46.6. The third-order valence-electron chi connectivity index (χ3n) is 22.6. The summed E-state index contributed by atoms with van der Waals surface area (Å²) in [6.07, 6.45) is 103. The number of ether oxygens (including phenoxy) is 1. The average Bonchev–Trinajstić information content (AvgIpc) is 1.01. The van der Waals surface area contributed by atoms with Crippen molar-refractivity contribution in [2.75, 3.05) is 65.6 Å². The monoisotopic (exact) mass is 1370 g/mol. The van der Waals surface area contributed by atoms with E-state index in [-0.39, 0.29) is 0 Å². The van der Waals surface area contributed by atoms with Crippen LogP contribution in [0.2, 0.25) is 0 Å². The Balaban J connectivity index is 6.41. The molecule has 97 heavy (non-hydrogen) atoms. The predicted octanol–water partition coefficient (Wildman–Crippen LogP) is 31.1. The van der Waals surface area contributed by atoms with Crippen LogP contribution in [0.15, 0.2) is 0 Å². The van der Waals surface area contributed by atoms with Gasteiger partial charge in [0.1, 0.15) is 0 Å². The Kier molecular flexibility index (Phi) is 84.6. The van der Waals surface area contributed by atoms with E-state index in [0.29, 0.717) is 12.3 Å². The lowest BCUT2D eigenvalue weighted by molar-refractivity contribution is 0.0269. The van der Waals surface area contributed by atoms with Crippen LogP contribution in [0.4, 0.5) is 0 Å². The Morgan fingerprint density at radius 1 is 0.144 bits per heavy atom. The van der Waals surface area contributed by atoms with Gasteiger partial charge < -0.3 is 4.74 Å². The largest absolute Gasteiger partial charge is 0.381 e. The van der Waals surface area contributed by atoms with Crippen molar-refractivity contribution in [2.24, 2.45) is 0 Å². The maximum atomic E-state index is 6.65. The van der Waals surface area contributed by atoms with Crippen LogP contribution in [-0.2, 0) is 4.74 Å². The lowest BCUT2D eigenvalue weighted by Crippen LogP contribution is -2.50. The maximum Gasteiger partial charge on any atom is 0.0622 e. The molecule has 0 amide bonds. The van der Waals surface area contributed by atoms with E-state index in [1.54, 1.807) is 0 Å². The van der Waals surface area contributed by atoms with E-state index in [2.05, 4.69) is 75.0 Å². The van der Waals surface area contributed by atoms with E-state index >= 15 is 0 Å². The van der Waals surface area contributed by atoms with Gasteiger partial charge >= 0.3 is 0 Å². The highest BCUT2D eigenvalue weighted by Gasteiger charge is 2.26. The number of unbranched alkanes of at least 4 members (excludes halogenated alkanes) is 60. The molecule has 0 aromatic carbocycles. The Labute approximate surface area is 616 Å². The molecule has 0 fully saturated rings. The van der Waals surface area contributed by atoms with Crippen LogP contribution in [0.5, 0.6) is 0 Å². The molecule has 584 valence electrons. The molecule has 0 saturated heterocycles. The van der Waals surface area contributed by atoms with Crippen molar-refractivity contribution < 1.29 is 4.74 Å².